The zero-order valence-electron chi connectivity index (χ0n) is 31.2. The molecular formula is C44H61NO6. The van der Waals surface area contributed by atoms with Crippen LogP contribution in [-0.4, -0.2) is 82.3 Å². The van der Waals surface area contributed by atoms with Crippen LogP contribution in [0.4, 0.5) is 0 Å². The van der Waals surface area contributed by atoms with Crippen molar-refractivity contribution in [2.24, 2.45) is 56.7 Å². The van der Waals surface area contributed by atoms with E-state index in [9.17, 15) is 25.2 Å². The van der Waals surface area contributed by atoms with Gasteiger partial charge in [-0.2, -0.15) is 0 Å². The second kappa shape index (κ2) is 11.7. The van der Waals surface area contributed by atoms with Gasteiger partial charge in [0, 0.05) is 47.0 Å². The maximum absolute atomic E-state index is 14.9. The number of allylic oxidation sites excluding steroid dienone is 4. The zero-order valence-corrected chi connectivity index (χ0v) is 31.2. The van der Waals surface area contributed by atoms with Crippen LogP contribution in [0.25, 0.3) is 0 Å². The summed E-state index contributed by atoms with van der Waals surface area (Å²) < 4.78 is 5.43. The van der Waals surface area contributed by atoms with E-state index in [0.717, 1.165) is 67.7 Å². The van der Waals surface area contributed by atoms with Crippen molar-refractivity contribution in [1.29, 1.82) is 0 Å². The second-order valence-electron chi connectivity index (χ2n) is 19.8. The SMILES string of the molecule is COc1ccc(C(=O)C2=CC34C=CC25C(CCC2(C)C5CCC2(O)CN(CC(O)CO)CC25CC6CC(CC(C6)C2)C5)C3(C)CCC(O)C4)cc1. The summed E-state index contributed by atoms with van der Waals surface area (Å²) in [5, 5.41) is 45.1. The summed E-state index contributed by atoms with van der Waals surface area (Å²) in [4.78, 5) is 17.3. The topological polar surface area (TPSA) is 110 Å². The van der Waals surface area contributed by atoms with E-state index in [1.54, 1.807) is 7.11 Å². The fourth-order valence-electron chi connectivity index (χ4n) is 15.4. The molecule has 7 saturated carbocycles. The maximum Gasteiger partial charge on any atom is 0.189 e. The number of benzene rings is 1. The number of carbonyl (C=O) groups excluding carboxylic acids is 1. The molecule has 7 heteroatoms. The predicted molar refractivity (Wildman–Crippen MR) is 196 cm³/mol. The van der Waals surface area contributed by atoms with Crippen LogP contribution in [0, 0.1) is 56.7 Å². The summed E-state index contributed by atoms with van der Waals surface area (Å²) >= 11 is 0. The lowest BCUT2D eigenvalue weighted by atomic mass is 9.32. The highest BCUT2D eigenvalue weighted by atomic mass is 16.5. The Kier molecular flexibility index (Phi) is 7.99. The molecule has 0 aliphatic heterocycles. The Morgan fingerprint density at radius 3 is 2.16 bits per heavy atom. The fourth-order valence-corrected chi connectivity index (χ4v) is 15.4. The molecule has 2 spiro atoms. The monoisotopic (exact) mass is 699 g/mol. The first-order valence-electron chi connectivity index (χ1n) is 20.3. The lowest BCUT2D eigenvalue weighted by Crippen LogP contribution is -2.67. The van der Waals surface area contributed by atoms with Crippen LogP contribution < -0.4 is 4.74 Å². The van der Waals surface area contributed by atoms with Gasteiger partial charge in [-0.05, 0) is 148 Å². The smallest absolute Gasteiger partial charge is 0.189 e. The van der Waals surface area contributed by atoms with Gasteiger partial charge in [0.25, 0.3) is 0 Å². The Balaban J connectivity index is 1.09. The van der Waals surface area contributed by atoms with Gasteiger partial charge in [-0.15, -0.1) is 0 Å². The molecule has 1 aromatic rings. The molecule has 278 valence electrons. The number of carbonyl (C=O) groups is 1. The van der Waals surface area contributed by atoms with E-state index in [4.69, 9.17) is 4.74 Å². The van der Waals surface area contributed by atoms with Crippen molar-refractivity contribution in [3.05, 3.63) is 53.6 Å². The number of ether oxygens (including phenoxy) is 1. The van der Waals surface area contributed by atoms with Gasteiger partial charge < -0.3 is 25.2 Å². The van der Waals surface area contributed by atoms with E-state index < -0.39 is 22.5 Å². The Morgan fingerprint density at radius 2 is 1.51 bits per heavy atom. The van der Waals surface area contributed by atoms with E-state index in [0.29, 0.717) is 31.5 Å². The van der Waals surface area contributed by atoms with E-state index in [-0.39, 0.29) is 46.6 Å². The van der Waals surface area contributed by atoms with Gasteiger partial charge in [0.2, 0.25) is 0 Å². The number of aliphatic hydroxyl groups is 4. The average Bonchev–Trinajstić information content (AvgIpc) is 3.36. The minimum atomic E-state index is -0.993. The van der Waals surface area contributed by atoms with Crippen molar-refractivity contribution in [2.75, 3.05) is 33.4 Å². The van der Waals surface area contributed by atoms with E-state index in [1.807, 2.05) is 24.3 Å². The molecule has 10 aliphatic carbocycles. The van der Waals surface area contributed by atoms with Gasteiger partial charge in [-0.1, -0.05) is 32.1 Å². The Hall–Kier alpha value is -2.03. The molecule has 0 heterocycles. The largest absolute Gasteiger partial charge is 0.497 e. The summed E-state index contributed by atoms with van der Waals surface area (Å²) in [7, 11) is 1.64. The Morgan fingerprint density at radius 1 is 0.882 bits per heavy atom. The van der Waals surface area contributed by atoms with Gasteiger partial charge in [0.15, 0.2) is 5.78 Å². The molecular weight excluding hydrogens is 638 g/mol. The summed E-state index contributed by atoms with van der Waals surface area (Å²) in [6.45, 7) is 6.21. The second-order valence-corrected chi connectivity index (χ2v) is 19.8. The first-order chi connectivity index (χ1) is 24.3. The van der Waals surface area contributed by atoms with Gasteiger partial charge >= 0.3 is 0 Å². The van der Waals surface area contributed by atoms with Crippen molar-refractivity contribution >= 4 is 5.78 Å². The van der Waals surface area contributed by atoms with Crippen LogP contribution in [0.2, 0.25) is 0 Å². The van der Waals surface area contributed by atoms with Crippen LogP contribution in [0.5, 0.6) is 5.75 Å². The minimum absolute atomic E-state index is 0.0580. The Labute approximate surface area is 304 Å². The van der Waals surface area contributed by atoms with Crippen LogP contribution in [0.3, 0.4) is 0 Å². The molecule has 0 amide bonds. The van der Waals surface area contributed by atoms with Crippen molar-refractivity contribution in [3.8, 4) is 5.75 Å². The lowest BCUT2D eigenvalue weighted by molar-refractivity contribution is -0.179. The highest BCUT2D eigenvalue weighted by Gasteiger charge is 2.74. The molecule has 6 bridgehead atoms. The van der Waals surface area contributed by atoms with Crippen molar-refractivity contribution < 1.29 is 30.0 Å². The van der Waals surface area contributed by atoms with E-state index in [2.05, 4.69) is 37.0 Å². The molecule has 51 heavy (non-hydrogen) atoms. The highest BCUT2D eigenvalue weighted by Crippen LogP contribution is 2.78. The van der Waals surface area contributed by atoms with Gasteiger partial charge in [0.05, 0.1) is 31.5 Å². The maximum atomic E-state index is 14.9. The third-order valence-electron chi connectivity index (χ3n) is 17.2. The molecule has 0 saturated heterocycles. The quantitative estimate of drug-likeness (QED) is 0.167. The summed E-state index contributed by atoms with van der Waals surface area (Å²) in [5.41, 5.74) is -0.628. The van der Waals surface area contributed by atoms with E-state index >= 15 is 0 Å². The summed E-state index contributed by atoms with van der Waals surface area (Å²) in [6, 6.07) is 7.50. The fraction of sp³-hybridized carbons (Fsp3) is 0.750. The molecule has 0 radical (unpaired) electrons. The number of hydrogen-bond donors (Lipinski definition) is 4. The van der Waals surface area contributed by atoms with Crippen LogP contribution in [0.1, 0.15) is 108 Å². The predicted octanol–water partition coefficient (Wildman–Crippen LogP) is 6.34. The first kappa shape index (κ1) is 34.7. The number of ketones is 1. The number of Topliss-reactive ketones (excluding diaryl/α,β-unsaturated/α-hetero) is 1. The van der Waals surface area contributed by atoms with Crippen LogP contribution >= 0.6 is 0 Å². The summed E-state index contributed by atoms with van der Waals surface area (Å²) in [6.07, 6.45) is 19.4. The van der Waals surface area contributed by atoms with Crippen molar-refractivity contribution in [2.45, 2.75) is 115 Å². The molecule has 11 rings (SSSR count). The highest BCUT2D eigenvalue weighted by molar-refractivity contribution is 6.10. The number of methoxy groups -OCH3 is 1. The van der Waals surface area contributed by atoms with Crippen molar-refractivity contribution in [3.63, 3.8) is 0 Å². The Bertz CT molecular complexity index is 1580. The molecule has 9 unspecified atom stereocenters. The standard InChI is InChI=1S/C44H61NO6/c1-39-11-8-32(47)22-42(39)14-15-44(35(23-42)38(49)31-4-6-34(51-3)7-5-31)36(39)9-12-40(2)37(44)10-13-43(40,50)27-45(24-33(48)25-46)26-41-19-28-16-29(20-41)18-30(17-28)21-41/h4-7,14-15,23,28-30,32-33,36-37,46-48,50H,8-13,16-22,24-27H2,1-3H3. The number of hydrogen-bond acceptors (Lipinski definition) is 7. The van der Waals surface area contributed by atoms with Crippen LogP contribution in [0.15, 0.2) is 48.1 Å². The molecule has 0 aromatic heterocycles. The number of aliphatic hydroxyl groups excluding tert-OH is 3. The third kappa shape index (κ3) is 4.89. The first-order valence-corrected chi connectivity index (χ1v) is 20.3. The van der Waals surface area contributed by atoms with Crippen LogP contribution in [-0.2, 0) is 0 Å². The van der Waals surface area contributed by atoms with E-state index in [1.165, 1.54) is 38.5 Å². The molecule has 10 aliphatic rings. The summed E-state index contributed by atoms with van der Waals surface area (Å²) in [5.74, 6) is 3.55. The third-order valence-corrected chi connectivity index (χ3v) is 17.2. The van der Waals surface area contributed by atoms with Gasteiger partial charge in [-0.3, -0.25) is 9.69 Å². The molecule has 4 N–H and O–H groups in total. The molecule has 7 fully saturated rings. The minimum Gasteiger partial charge on any atom is -0.497 e. The number of rotatable bonds is 10. The van der Waals surface area contributed by atoms with Crippen molar-refractivity contribution in [1.82, 2.24) is 4.90 Å². The number of nitrogens with zero attached hydrogens (tertiary/aromatic N) is 1. The zero-order chi connectivity index (χ0) is 35.6. The lowest BCUT2D eigenvalue weighted by Gasteiger charge is -2.71. The molecule has 1 aromatic carbocycles. The average molecular weight is 700 g/mol. The molecule has 9 atom stereocenters. The normalized spacial score (nSPS) is 47.9. The van der Waals surface area contributed by atoms with Gasteiger partial charge in [-0.25, -0.2) is 0 Å². The number of fused-ring (bicyclic) bond motifs is 1. The van der Waals surface area contributed by atoms with Gasteiger partial charge in [0.1, 0.15) is 5.75 Å². The molecule has 7 nitrogen and oxygen atoms in total.